The Morgan fingerprint density at radius 3 is 2.53 bits per heavy atom. The number of nitriles is 1. The van der Waals surface area contributed by atoms with Crippen LogP contribution in [0, 0.1) is 29.6 Å². The second-order valence-electron chi connectivity index (χ2n) is 3.56. The molecule has 0 aliphatic rings. The van der Waals surface area contributed by atoms with E-state index in [4.69, 9.17) is 16.4 Å². The highest BCUT2D eigenvalue weighted by Gasteiger charge is 2.26. The fourth-order valence-electron chi connectivity index (χ4n) is 1.39. The molecule has 0 aliphatic carbocycles. The molecule has 1 atom stereocenters. The molecule has 1 rings (SSSR count). The molecule has 0 aromatic heterocycles. The number of Topliss-reactive ketones (excluding diaryl/α,β-unsaturated/α-hetero) is 1. The molecule has 1 aromatic carbocycles. The molecule has 5 heteroatoms. The number of ketones is 1. The van der Waals surface area contributed by atoms with Gasteiger partial charge in [-0.15, -0.1) is 6.42 Å². The highest BCUT2D eigenvalue weighted by molar-refractivity contribution is 6.12. The summed E-state index contributed by atoms with van der Waals surface area (Å²) < 4.78 is 5.15. The monoisotopic (exact) mass is 256 g/mol. The van der Waals surface area contributed by atoms with E-state index >= 15 is 0 Å². The van der Waals surface area contributed by atoms with Gasteiger partial charge >= 0.3 is 0 Å². The van der Waals surface area contributed by atoms with Crippen molar-refractivity contribution in [2.24, 2.45) is 5.92 Å². The molecule has 0 fully saturated rings. The number of nitrogens with one attached hydrogen (secondary N) is 1. The van der Waals surface area contributed by atoms with Crippen LogP contribution in [0.3, 0.4) is 0 Å². The van der Waals surface area contributed by atoms with Gasteiger partial charge in [0.1, 0.15) is 12.4 Å². The van der Waals surface area contributed by atoms with Gasteiger partial charge in [0, 0.05) is 12.6 Å². The number of benzene rings is 1. The maximum absolute atomic E-state index is 11.9. The summed E-state index contributed by atoms with van der Waals surface area (Å²) in [6, 6.07) is 7.77. The van der Waals surface area contributed by atoms with Gasteiger partial charge in [-0.3, -0.25) is 9.59 Å². The molecule has 0 spiro atoms. The number of ether oxygens (including phenoxy) is 1. The van der Waals surface area contributed by atoms with E-state index in [-0.39, 0.29) is 12.2 Å². The molecule has 1 aromatic rings. The fourth-order valence-corrected chi connectivity index (χ4v) is 1.39. The minimum atomic E-state index is -1.34. The SMILES string of the molecule is C#CCOc1ccc(C(=O)[C@@H](C#N)C(=O)NC)cc1. The topological polar surface area (TPSA) is 79.2 Å². The van der Waals surface area contributed by atoms with Crippen LogP contribution in [0.5, 0.6) is 5.75 Å². The van der Waals surface area contributed by atoms with E-state index in [0.29, 0.717) is 5.75 Å². The van der Waals surface area contributed by atoms with Crippen molar-refractivity contribution >= 4 is 11.7 Å². The highest BCUT2D eigenvalue weighted by atomic mass is 16.5. The van der Waals surface area contributed by atoms with Crippen LogP contribution in [-0.4, -0.2) is 25.3 Å². The lowest BCUT2D eigenvalue weighted by Crippen LogP contribution is -2.32. The van der Waals surface area contributed by atoms with Crippen molar-refractivity contribution < 1.29 is 14.3 Å². The lowest BCUT2D eigenvalue weighted by Gasteiger charge is -2.07. The Labute approximate surface area is 111 Å². The third kappa shape index (κ3) is 3.58. The number of hydrogen-bond acceptors (Lipinski definition) is 4. The molecule has 0 saturated carbocycles. The predicted molar refractivity (Wildman–Crippen MR) is 68.3 cm³/mol. The van der Waals surface area contributed by atoms with Gasteiger partial charge in [0.15, 0.2) is 11.7 Å². The van der Waals surface area contributed by atoms with Crippen molar-refractivity contribution in [3.63, 3.8) is 0 Å². The van der Waals surface area contributed by atoms with Crippen molar-refractivity contribution in [3.05, 3.63) is 29.8 Å². The van der Waals surface area contributed by atoms with Crippen molar-refractivity contribution in [2.75, 3.05) is 13.7 Å². The number of amides is 1. The molecule has 0 unspecified atom stereocenters. The Bertz CT molecular complexity index is 550. The zero-order chi connectivity index (χ0) is 14.3. The summed E-state index contributed by atoms with van der Waals surface area (Å²) >= 11 is 0. The zero-order valence-corrected chi connectivity index (χ0v) is 10.3. The number of hydrogen-bond donors (Lipinski definition) is 1. The summed E-state index contributed by atoms with van der Waals surface area (Å²) in [6.45, 7) is 0.131. The van der Waals surface area contributed by atoms with Crippen molar-refractivity contribution in [3.8, 4) is 24.2 Å². The summed E-state index contributed by atoms with van der Waals surface area (Å²) in [5.74, 6) is 0.315. The van der Waals surface area contributed by atoms with Crippen molar-refractivity contribution in [1.82, 2.24) is 5.32 Å². The van der Waals surface area contributed by atoms with E-state index in [0.717, 1.165) is 0 Å². The third-order valence-corrected chi connectivity index (χ3v) is 2.36. The van der Waals surface area contributed by atoms with Crippen LogP contribution in [0.15, 0.2) is 24.3 Å². The average molecular weight is 256 g/mol. The Hall–Kier alpha value is -2.79. The van der Waals surface area contributed by atoms with Crippen LogP contribution >= 0.6 is 0 Å². The Morgan fingerprint density at radius 2 is 2.05 bits per heavy atom. The lowest BCUT2D eigenvalue weighted by atomic mass is 9.98. The van der Waals surface area contributed by atoms with E-state index in [1.54, 1.807) is 18.2 Å². The standard InChI is InChI=1S/C14H12N2O3/c1-3-8-19-11-6-4-10(5-7-11)13(17)12(9-15)14(18)16-2/h1,4-7,12H,8H2,2H3,(H,16,18)/t12-/m1/s1. The molecule has 0 aliphatic heterocycles. The Morgan fingerprint density at radius 1 is 1.42 bits per heavy atom. The maximum atomic E-state index is 11.9. The summed E-state index contributed by atoms with van der Waals surface area (Å²) in [5, 5.41) is 11.1. The largest absolute Gasteiger partial charge is 0.481 e. The van der Waals surface area contributed by atoms with Gasteiger partial charge in [-0.1, -0.05) is 5.92 Å². The quantitative estimate of drug-likeness (QED) is 0.479. The molecule has 0 saturated heterocycles. The third-order valence-electron chi connectivity index (χ3n) is 2.36. The summed E-state index contributed by atoms with van der Waals surface area (Å²) in [6.07, 6.45) is 5.05. The van der Waals surface area contributed by atoms with E-state index in [1.807, 2.05) is 0 Å². The minimum absolute atomic E-state index is 0.131. The molecule has 96 valence electrons. The maximum Gasteiger partial charge on any atom is 0.245 e. The molecule has 0 heterocycles. The van der Waals surface area contributed by atoms with Gasteiger partial charge in [0.05, 0.1) is 6.07 Å². The van der Waals surface area contributed by atoms with E-state index in [2.05, 4.69) is 11.2 Å². The number of carbonyl (C=O) groups is 2. The number of nitrogens with zero attached hydrogens (tertiary/aromatic N) is 1. The molecule has 5 nitrogen and oxygen atoms in total. The van der Waals surface area contributed by atoms with E-state index < -0.39 is 17.6 Å². The van der Waals surface area contributed by atoms with E-state index in [1.165, 1.54) is 19.2 Å². The van der Waals surface area contributed by atoms with Crippen LogP contribution in [0.1, 0.15) is 10.4 Å². The first-order valence-corrected chi connectivity index (χ1v) is 5.45. The lowest BCUT2D eigenvalue weighted by molar-refractivity contribution is -0.121. The van der Waals surface area contributed by atoms with Crippen molar-refractivity contribution in [2.45, 2.75) is 0 Å². The Balaban J connectivity index is 2.86. The minimum Gasteiger partial charge on any atom is -0.481 e. The van der Waals surface area contributed by atoms with Gasteiger partial charge < -0.3 is 10.1 Å². The number of carbonyl (C=O) groups excluding carboxylic acids is 2. The molecule has 19 heavy (non-hydrogen) atoms. The summed E-state index contributed by atoms with van der Waals surface area (Å²) in [7, 11) is 1.37. The van der Waals surface area contributed by atoms with Gasteiger partial charge in [0.25, 0.3) is 0 Å². The molecular formula is C14H12N2O3. The highest BCUT2D eigenvalue weighted by Crippen LogP contribution is 2.15. The fraction of sp³-hybridized carbons (Fsp3) is 0.214. The number of rotatable bonds is 5. The van der Waals surface area contributed by atoms with Gasteiger partial charge in [0.2, 0.25) is 5.91 Å². The molecule has 0 radical (unpaired) electrons. The van der Waals surface area contributed by atoms with Crippen LogP contribution in [0.2, 0.25) is 0 Å². The van der Waals surface area contributed by atoms with E-state index in [9.17, 15) is 9.59 Å². The zero-order valence-electron chi connectivity index (χ0n) is 10.3. The molecule has 0 bridgehead atoms. The first kappa shape index (κ1) is 14.3. The van der Waals surface area contributed by atoms with Crippen LogP contribution in [0.4, 0.5) is 0 Å². The number of terminal acetylenes is 1. The van der Waals surface area contributed by atoms with Crippen LogP contribution < -0.4 is 10.1 Å². The molecule has 1 amide bonds. The normalized spacial score (nSPS) is 10.7. The molecule has 1 N–H and O–H groups in total. The summed E-state index contributed by atoms with van der Waals surface area (Å²) in [4.78, 5) is 23.3. The first-order chi connectivity index (χ1) is 9.13. The predicted octanol–water partition coefficient (Wildman–Crippen LogP) is 0.767. The van der Waals surface area contributed by atoms with Crippen LogP contribution in [-0.2, 0) is 4.79 Å². The molecular weight excluding hydrogens is 244 g/mol. The second kappa shape index (κ2) is 6.83. The average Bonchev–Trinajstić information content (AvgIpc) is 2.46. The van der Waals surface area contributed by atoms with Crippen molar-refractivity contribution in [1.29, 1.82) is 5.26 Å². The van der Waals surface area contributed by atoms with Gasteiger partial charge in [-0.05, 0) is 24.3 Å². The van der Waals surface area contributed by atoms with Crippen LogP contribution in [0.25, 0.3) is 0 Å². The first-order valence-electron chi connectivity index (χ1n) is 5.45. The smallest absolute Gasteiger partial charge is 0.245 e. The second-order valence-corrected chi connectivity index (χ2v) is 3.56. The Kier molecular flexibility index (Phi) is 5.13. The summed E-state index contributed by atoms with van der Waals surface area (Å²) in [5.41, 5.74) is 0.267. The van der Waals surface area contributed by atoms with Gasteiger partial charge in [-0.25, -0.2) is 0 Å². The van der Waals surface area contributed by atoms with Gasteiger partial charge in [-0.2, -0.15) is 5.26 Å².